The molecule has 0 aromatic carbocycles. The molecule has 0 aliphatic heterocycles. The van der Waals surface area contributed by atoms with Crippen molar-refractivity contribution < 1.29 is 24.2 Å². The van der Waals surface area contributed by atoms with Crippen LogP contribution in [0, 0.1) is 0 Å². The van der Waals surface area contributed by atoms with Crippen molar-refractivity contribution in [3.8, 4) is 0 Å². The number of unbranched alkanes of at least 4 members (excludes halogenated alkanes) is 1. The molecule has 1 aromatic heterocycles. The van der Waals surface area contributed by atoms with Gasteiger partial charge in [-0.3, -0.25) is 4.79 Å². The molecule has 0 radical (unpaired) electrons. The molecule has 1 unspecified atom stereocenters. The number of nitrogens with one attached hydrogen (secondary N) is 2. The zero-order valence-corrected chi connectivity index (χ0v) is 16.0. The Morgan fingerprint density at radius 3 is 2.77 bits per heavy atom. The van der Waals surface area contributed by atoms with E-state index in [4.69, 9.17) is 9.84 Å². The maximum atomic E-state index is 12.1. The highest BCUT2D eigenvalue weighted by molar-refractivity contribution is 7.09. The smallest absolute Gasteiger partial charge is 0.409 e. The van der Waals surface area contributed by atoms with Gasteiger partial charge < -0.3 is 25.4 Å². The van der Waals surface area contributed by atoms with Crippen molar-refractivity contribution in [2.45, 2.75) is 45.2 Å². The van der Waals surface area contributed by atoms with Gasteiger partial charge in [-0.05, 0) is 17.9 Å². The molecule has 0 saturated carbocycles. The first-order valence-electron chi connectivity index (χ1n) is 8.58. The number of carboxylic acids is 1. The van der Waals surface area contributed by atoms with Gasteiger partial charge in [0.15, 0.2) is 0 Å². The summed E-state index contributed by atoms with van der Waals surface area (Å²) < 4.78 is 5.31. The highest BCUT2D eigenvalue weighted by atomic mass is 32.1. The molecule has 1 heterocycles. The Hall–Kier alpha value is -2.29. The number of amides is 3. The number of carbonyl (C=O) groups is 3. The molecule has 3 N–H and O–H groups in total. The molecule has 1 aromatic rings. The number of hydrogen-bond acceptors (Lipinski definition) is 5. The SMILES string of the molecule is CCCCC(COC(=O)N(C)Cc1cccs1)NC(=O)NCCC(=O)O. The van der Waals surface area contributed by atoms with Crippen LogP contribution in [-0.4, -0.2) is 54.3 Å². The lowest BCUT2D eigenvalue weighted by Crippen LogP contribution is -2.45. The quantitative estimate of drug-likeness (QED) is 0.543. The third kappa shape index (κ3) is 9.26. The largest absolute Gasteiger partial charge is 0.481 e. The zero-order chi connectivity index (χ0) is 19.4. The summed E-state index contributed by atoms with van der Waals surface area (Å²) in [4.78, 5) is 36.9. The van der Waals surface area contributed by atoms with E-state index < -0.39 is 18.1 Å². The third-order valence-corrected chi connectivity index (χ3v) is 4.42. The predicted octanol–water partition coefficient (Wildman–Crippen LogP) is 2.65. The summed E-state index contributed by atoms with van der Waals surface area (Å²) in [6.45, 7) is 2.62. The van der Waals surface area contributed by atoms with Crippen LogP contribution in [0.4, 0.5) is 9.59 Å². The molecule has 0 aliphatic rings. The van der Waals surface area contributed by atoms with Gasteiger partial charge in [-0.2, -0.15) is 0 Å². The van der Waals surface area contributed by atoms with Crippen LogP contribution in [0.25, 0.3) is 0 Å². The maximum Gasteiger partial charge on any atom is 0.409 e. The van der Waals surface area contributed by atoms with Gasteiger partial charge in [0, 0.05) is 18.5 Å². The Morgan fingerprint density at radius 2 is 2.15 bits per heavy atom. The van der Waals surface area contributed by atoms with Gasteiger partial charge in [0.1, 0.15) is 6.61 Å². The van der Waals surface area contributed by atoms with E-state index in [-0.39, 0.29) is 25.6 Å². The minimum Gasteiger partial charge on any atom is -0.481 e. The molecule has 0 bridgehead atoms. The van der Waals surface area contributed by atoms with E-state index in [1.54, 1.807) is 18.4 Å². The fourth-order valence-corrected chi connectivity index (χ4v) is 2.91. The summed E-state index contributed by atoms with van der Waals surface area (Å²) in [7, 11) is 1.66. The number of thiophene rings is 1. The summed E-state index contributed by atoms with van der Waals surface area (Å²) >= 11 is 1.57. The molecule has 1 atom stereocenters. The minimum atomic E-state index is -0.976. The standard InChI is InChI=1S/C17H27N3O5S/c1-3-4-6-13(19-16(23)18-9-8-15(21)22)12-25-17(24)20(2)11-14-7-5-10-26-14/h5,7,10,13H,3-4,6,8-9,11-12H2,1-2H3,(H,21,22)(H2,18,19,23). The highest BCUT2D eigenvalue weighted by Gasteiger charge is 2.17. The lowest BCUT2D eigenvalue weighted by Gasteiger charge is -2.21. The second-order valence-corrected chi connectivity index (χ2v) is 6.93. The van der Waals surface area contributed by atoms with Crippen molar-refractivity contribution in [2.24, 2.45) is 0 Å². The van der Waals surface area contributed by atoms with E-state index in [9.17, 15) is 14.4 Å². The molecular weight excluding hydrogens is 358 g/mol. The van der Waals surface area contributed by atoms with Crippen molar-refractivity contribution in [3.05, 3.63) is 22.4 Å². The number of urea groups is 1. The Morgan fingerprint density at radius 1 is 1.38 bits per heavy atom. The Labute approximate surface area is 157 Å². The molecule has 0 fully saturated rings. The van der Waals surface area contributed by atoms with Crippen molar-refractivity contribution >= 4 is 29.4 Å². The Balaban J connectivity index is 2.40. The Bertz CT molecular complexity index is 565. The predicted molar refractivity (Wildman–Crippen MR) is 99.2 cm³/mol. The van der Waals surface area contributed by atoms with E-state index in [1.807, 2.05) is 24.4 Å². The highest BCUT2D eigenvalue weighted by Crippen LogP contribution is 2.11. The lowest BCUT2D eigenvalue weighted by molar-refractivity contribution is -0.136. The summed E-state index contributed by atoms with van der Waals surface area (Å²) in [6.07, 6.45) is 1.90. The van der Waals surface area contributed by atoms with E-state index in [1.165, 1.54) is 4.90 Å². The third-order valence-electron chi connectivity index (χ3n) is 3.56. The average molecular weight is 385 g/mol. The van der Waals surface area contributed by atoms with Crippen LogP contribution in [0.5, 0.6) is 0 Å². The van der Waals surface area contributed by atoms with Crippen molar-refractivity contribution in [1.82, 2.24) is 15.5 Å². The van der Waals surface area contributed by atoms with E-state index >= 15 is 0 Å². The van der Waals surface area contributed by atoms with Gasteiger partial charge in [0.25, 0.3) is 0 Å². The average Bonchev–Trinajstić information content (AvgIpc) is 3.09. The Kier molecular flexibility index (Phi) is 10.1. The van der Waals surface area contributed by atoms with Gasteiger partial charge in [-0.25, -0.2) is 9.59 Å². The second-order valence-electron chi connectivity index (χ2n) is 5.90. The topological polar surface area (TPSA) is 108 Å². The monoisotopic (exact) mass is 385 g/mol. The van der Waals surface area contributed by atoms with Crippen LogP contribution in [-0.2, 0) is 16.1 Å². The van der Waals surface area contributed by atoms with Crippen LogP contribution >= 0.6 is 11.3 Å². The number of aliphatic carboxylic acids is 1. The molecule has 8 nitrogen and oxygen atoms in total. The molecular formula is C17H27N3O5S. The number of carbonyl (C=O) groups excluding carboxylic acids is 2. The van der Waals surface area contributed by atoms with E-state index in [2.05, 4.69) is 10.6 Å². The van der Waals surface area contributed by atoms with Gasteiger partial charge in [-0.15, -0.1) is 11.3 Å². The number of rotatable bonds is 11. The molecule has 3 amide bonds. The first kappa shape index (κ1) is 21.8. The summed E-state index contributed by atoms with van der Waals surface area (Å²) in [5.41, 5.74) is 0. The van der Waals surface area contributed by atoms with E-state index in [0.717, 1.165) is 17.7 Å². The van der Waals surface area contributed by atoms with Crippen molar-refractivity contribution in [1.29, 1.82) is 0 Å². The normalized spacial score (nSPS) is 11.5. The van der Waals surface area contributed by atoms with Crippen LogP contribution < -0.4 is 10.6 Å². The van der Waals surface area contributed by atoms with Gasteiger partial charge in [-0.1, -0.05) is 25.8 Å². The molecule has 9 heteroatoms. The van der Waals surface area contributed by atoms with Gasteiger partial charge in [0.05, 0.1) is 19.0 Å². The summed E-state index contributed by atoms with van der Waals surface area (Å²) in [5, 5.41) is 15.7. The minimum absolute atomic E-state index is 0.0466. The van der Waals surface area contributed by atoms with Crippen molar-refractivity contribution in [3.63, 3.8) is 0 Å². The maximum absolute atomic E-state index is 12.1. The van der Waals surface area contributed by atoms with Gasteiger partial charge >= 0.3 is 18.1 Å². The van der Waals surface area contributed by atoms with Crippen LogP contribution in [0.1, 0.15) is 37.5 Å². The van der Waals surface area contributed by atoms with Crippen LogP contribution in [0.3, 0.4) is 0 Å². The number of ether oxygens (including phenoxy) is 1. The first-order chi connectivity index (χ1) is 12.4. The molecule has 1 rings (SSSR count). The van der Waals surface area contributed by atoms with Crippen LogP contribution in [0.2, 0.25) is 0 Å². The van der Waals surface area contributed by atoms with Crippen LogP contribution in [0.15, 0.2) is 17.5 Å². The second kappa shape index (κ2) is 12.1. The molecule has 0 saturated heterocycles. The van der Waals surface area contributed by atoms with E-state index in [0.29, 0.717) is 13.0 Å². The first-order valence-corrected chi connectivity index (χ1v) is 9.46. The number of nitrogens with zero attached hydrogens (tertiary/aromatic N) is 1. The molecule has 0 aliphatic carbocycles. The fraction of sp³-hybridized carbons (Fsp3) is 0.588. The fourth-order valence-electron chi connectivity index (χ4n) is 2.15. The molecule has 0 spiro atoms. The zero-order valence-electron chi connectivity index (χ0n) is 15.2. The number of carboxylic acid groups (broad SMARTS) is 1. The van der Waals surface area contributed by atoms with Crippen molar-refractivity contribution in [2.75, 3.05) is 20.2 Å². The van der Waals surface area contributed by atoms with Gasteiger partial charge in [0.2, 0.25) is 0 Å². The lowest BCUT2D eigenvalue weighted by atomic mass is 10.1. The summed E-state index contributed by atoms with van der Waals surface area (Å²) in [6, 6.07) is 3.09. The summed E-state index contributed by atoms with van der Waals surface area (Å²) in [5.74, 6) is -0.976. The molecule has 146 valence electrons. The molecule has 26 heavy (non-hydrogen) atoms. The number of hydrogen-bond donors (Lipinski definition) is 3.